The van der Waals surface area contributed by atoms with Crippen LogP contribution in [0.4, 0.5) is 0 Å². The Bertz CT molecular complexity index is 692. The Balaban J connectivity index is 2.06. The lowest BCUT2D eigenvalue weighted by atomic mass is 10.0. The number of para-hydroxylation sites is 1. The summed E-state index contributed by atoms with van der Waals surface area (Å²) in [5.41, 5.74) is 0.890. The lowest BCUT2D eigenvalue weighted by Gasteiger charge is -2.14. The van der Waals surface area contributed by atoms with Gasteiger partial charge in [-0.3, -0.25) is 9.48 Å². The van der Waals surface area contributed by atoms with E-state index < -0.39 is 0 Å². The zero-order chi connectivity index (χ0) is 12.6. The summed E-state index contributed by atoms with van der Waals surface area (Å²) in [5, 5.41) is 13.8. The molecule has 1 fully saturated rings. The monoisotopic (exact) mass is 239 g/mol. The first-order valence-electron chi connectivity index (χ1n) is 6.06. The van der Waals surface area contributed by atoms with E-state index in [0.29, 0.717) is 11.8 Å². The van der Waals surface area contributed by atoms with Crippen LogP contribution in [0.15, 0.2) is 35.3 Å². The molecule has 0 bridgehead atoms. The van der Waals surface area contributed by atoms with Crippen molar-refractivity contribution in [2.24, 2.45) is 5.41 Å². The zero-order valence-corrected chi connectivity index (χ0v) is 9.97. The van der Waals surface area contributed by atoms with Gasteiger partial charge in [-0.25, -0.2) is 0 Å². The van der Waals surface area contributed by atoms with Gasteiger partial charge in [0.05, 0.1) is 17.8 Å². The molecule has 2 aromatic rings. The third-order valence-electron chi connectivity index (χ3n) is 3.66. The van der Waals surface area contributed by atoms with Crippen LogP contribution in [0.5, 0.6) is 0 Å². The Labute approximate surface area is 104 Å². The van der Waals surface area contributed by atoms with Crippen molar-refractivity contribution in [2.45, 2.75) is 25.8 Å². The molecule has 4 heteroatoms. The van der Waals surface area contributed by atoms with Gasteiger partial charge in [0.2, 0.25) is 5.43 Å². The van der Waals surface area contributed by atoms with Crippen LogP contribution in [0.2, 0.25) is 0 Å². The van der Waals surface area contributed by atoms with E-state index in [1.807, 2.05) is 28.9 Å². The molecule has 0 spiro atoms. The van der Waals surface area contributed by atoms with Crippen LogP contribution in [0, 0.1) is 16.7 Å². The predicted molar refractivity (Wildman–Crippen MR) is 67.9 cm³/mol. The highest BCUT2D eigenvalue weighted by Crippen LogP contribution is 2.50. The second-order valence-electron chi connectivity index (χ2n) is 5.02. The Hall–Kier alpha value is -2.15. The number of benzene rings is 1. The van der Waals surface area contributed by atoms with Gasteiger partial charge in [-0.1, -0.05) is 12.1 Å². The topological polar surface area (TPSA) is 58.7 Å². The Morgan fingerprint density at radius 2 is 2.17 bits per heavy atom. The number of nitriles is 1. The number of aromatic nitrogens is 2. The first kappa shape index (κ1) is 11.0. The minimum absolute atomic E-state index is 0.0491. The summed E-state index contributed by atoms with van der Waals surface area (Å²) in [6.45, 7) is 0.724. The molecule has 0 saturated heterocycles. The molecule has 3 rings (SSSR count). The number of fused-ring (bicyclic) bond motifs is 1. The summed E-state index contributed by atoms with van der Waals surface area (Å²) in [6.07, 6.45) is 4.07. The maximum Gasteiger partial charge on any atom is 0.207 e. The molecule has 1 heterocycles. The molecule has 1 aromatic carbocycles. The Morgan fingerprint density at radius 1 is 1.39 bits per heavy atom. The average Bonchev–Trinajstić information content (AvgIpc) is 3.14. The van der Waals surface area contributed by atoms with Crippen molar-refractivity contribution in [3.8, 4) is 6.07 Å². The largest absolute Gasteiger partial charge is 0.287 e. The molecule has 4 nitrogen and oxygen atoms in total. The first-order chi connectivity index (χ1) is 8.74. The molecule has 1 aliphatic rings. The highest BCUT2D eigenvalue weighted by molar-refractivity contribution is 5.77. The van der Waals surface area contributed by atoms with Gasteiger partial charge in [0.1, 0.15) is 0 Å². The van der Waals surface area contributed by atoms with Crippen LogP contribution in [-0.2, 0) is 6.54 Å². The minimum atomic E-state index is -0.0491. The van der Waals surface area contributed by atoms with Crippen molar-refractivity contribution >= 4 is 10.9 Å². The molecule has 0 atom stereocenters. The van der Waals surface area contributed by atoms with Gasteiger partial charge in [0, 0.05) is 23.8 Å². The quantitative estimate of drug-likeness (QED) is 0.824. The molecule has 1 aromatic heterocycles. The van der Waals surface area contributed by atoms with Gasteiger partial charge in [-0.05, 0) is 25.0 Å². The first-order valence-corrected chi connectivity index (χ1v) is 6.06. The van der Waals surface area contributed by atoms with E-state index in [2.05, 4.69) is 11.2 Å². The Kier molecular flexibility index (Phi) is 2.41. The summed E-state index contributed by atoms with van der Waals surface area (Å²) >= 11 is 0. The highest BCUT2D eigenvalue weighted by atomic mass is 16.1. The van der Waals surface area contributed by atoms with Crippen LogP contribution in [0.3, 0.4) is 0 Å². The number of nitrogens with zero attached hydrogens (tertiary/aromatic N) is 3. The summed E-state index contributed by atoms with van der Waals surface area (Å²) < 4.78 is 1.86. The number of hydrogen-bond acceptors (Lipinski definition) is 3. The highest BCUT2D eigenvalue weighted by Gasteiger charge is 2.43. The van der Waals surface area contributed by atoms with E-state index in [1.165, 1.54) is 6.20 Å². The van der Waals surface area contributed by atoms with Crippen molar-refractivity contribution in [1.29, 1.82) is 5.26 Å². The van der Waals surface area contributed by atoms with Crippen LogP contribution in [-0.4, -0.2) is 9.78 Å². The summed E-state index contributed by atoms with van der Waals surface area (Å²) in [6, 6.07) is 9.74. The molecule has 90 valence electrons. The van der Waals surface area contributed by atoms with Gasteiger partial charge >= 0.3 is 0 Å². The summed E-state index contributed by atoms with van der Waals surface area (Å²) in [4.78, 5) is 11.7. The lowest BCUT2D eigenvalue weighted by molar-refractivity contribution is 0.409. The fourth-order valence-electron chi connectivity index (χ4n) is 2.34. The smallest absolute Gasteiger partial charge is 0.207 e. The molecule has 0 aliphatic heterocycles. The second kappa shape index (κ2) is 3.95. The number of hydrogen-bond donors (Lipinski definition) is 0. The van der Waals surface area contributed by atoms with E-state index in [9.17, 15) is 4.79 Å². The van der Waals surface area contributed by atoms with E-state index in [-0.39, 0.29) is 10.8 Å². The van der Waals surface area contributed by atoms with E-state index in [1.54, 1.807) is 0 Å². The molecule has 0 amide bonds. The van der Waals surface area contributed by atoms with Crippen LogP contribution in [0.25, 0.3) is 10.9 Å². The van der Waals surface area contributed by atoms with Crippen molar-refractivity contribution in [1.82, 2.24) is 9.78 Å². The molecule has 18 heavy (non-hydrogen) atoms. The predicted octanol–water partition coefficient (Wildman–Crippen LogP) is 2.09. The van der Waals surface area contributed by atoms with Crippen molar-refractivity contribution in [3.05, 3.63) is 40.7 Å². The van der Waals surface area contributed by atoms with Crippen LogP contribution >= 0.6 is 0 Å². The van der Waals surface area contributed by atoms with Gasteiger partial charge in [0.15, 0.2) is 0 Å². The maximum atomic E-state index is 11.7. The van der Waals surface area contributed by atoms with Gasteiger partial charge < -0.3 is 0 Å². The maximum absolute atomic E-state index is 11.7. The van der Waals surface area contributed by atoms with E-state index in [4.69, 9.17) is 5.26 Å². The van der Waals surface area contributed by atoms with E-state index >= 15 is 0 Å². The average molecular weight is 239 g/mol. The summed E-state index contributed by atoms with van der Waals surface area (Å²) in [7, 11) is 0. The van der Waals surface area contributed by atoms with Crippen LogP contribution in [0.1, 0.15) is 19.3 Å². The molecule has 0 radical (unpaired) electrons. The zero-order valence-electron chi connectivity index (χ0n) is 9.97. The third kappa shape index (κ3) is 1.78. The van der Waals surface area contributed by atoms with Gasteiger partial charge in [-0.2, -0.15) is 10.4 Å². The fourth-order valence-corrected chi connectivity index (χ4v) is 2.34. The van der Waals surface area contributed by atoms with Crippen molar-refractivity contribution in [2.75, 3.05) is 0 Å². The van der Waals surface area contributed by atoms with Crippen molar-refractivity contribution < 1.29 is 0 Å². The second-order valence-corrected chi connectivity index (χ2v) is 5.02. The molecule has 0 N–H and O–H groups in total. The van der Waals surface area contributed by atoms with Gasteiger partial charge in [0.25, 0.3) is 0 Å². The van der Waals surface area contributed by atoms with Gasteiger partial charge in [-0.15, -0.1) is 0 Å². The fraction of sp³-hybridized carbons (Fsp3) is 0.357. The molecule has 0 unspecified atom stereocenters. The van der Waals surface area contributed by atoms with Crippen LogP contribution < -0.4 is 5.43 Å². The molecular formula is C14H13N3O. The van der Waals surface area contributed by atoms with E-state index in [0.717, 1.165) is 24.9 Å². The summed E-state index contributed by atoms with van der Waals surface area (Å²) in [5.74, 6) is 0. The lowest BCUT2D eigenvalue weighted by Crippen LogP contribution is -2.18. The van der Waals surface area contributed by atoms with Crippen molar-refractivity contribution in [3.63, 3.8) is 0 Å². The standard InChI is InChI=1S/C14H13N3O/c15-8-7-14(5-6-14)10-17-12-4-2-1-3-11(12)13(18)9-16-17/h1-4,9H,5-7,10H2. The Morgan fingerprint density at radius 3 is 2.89 bits per heavy atom. The third-order valence-corrected chi connectivity index (χ3v) is 3.66. The number of rotatable bonds is 3. The molecule has 1 aliphatic carbocycles. The molecular weight excluding hydrogens is 226 g/mol. The minimum Gasteiger partial charge on any atom is -0.287 e. The molecule has 1 saturated carbocycles. The SMILES string of the molecule is N#CCC1(Cn2ncc(=O)c3ccccc32)CC1. The normalized spacial score (nSPS) is 16.4.